The van der Waals surface area contributed by atoms with Gasteiger partial charge in [0, 0.05) is 17.3 Å². The summed E-state index contributed by atoms with van der Waals surface area (Å²) in [7, 11) is 0. The van der Waals surface area contributed by atoms with Crippen LogP contribution in [0, 0.1) is 5.92 Å². The normalized spacial score (nSPS) is 13.7. The van der Waals surface area contributed by atoms with Crippen molar-refractivity contribution < 1.29 is 14.2 Å². The van der Waals surface area contributed by atoms with Crippen molar-refractivity contribution in [2.75, 3.05) is 16.4 Å². The molecule has 1 fully saturated rings. The molecule has 108 valence electrons. The lowest BCUT2D eigenvalue weighted by Gasteiger charge is -2.06. The molecule has 0 bridgehead atoms. The summed E-state index contributed by atoms with van der Waals surface area (Å²) in [5.41, 5.74) is 6.60. The standard InChI is InChI=1S/C13H13N5O3/c14-11-10(17-21-18-11)13(20)16-9-5-3-8(4-6-9)15-12(19)7-1-2-7/h3-7H,1-2H2,(H2,14,18)(H,15,19)(H,16,20). The molecule has 1 aromatic carbocycles. The zero-order valence-corrected chi connectivity index (χ0v) is 11.0. The molecule has 0 unspecified atom stereocenters. The second-order valence-corrected chi connectivity index (χ2v) is 4.79. The van der Waals surface area contributed by atoms with Crippen molar-refractivity contribution >= 4 is 29.0 Å². The Kier molecular flexibility index (Phi) is 3.27. The van der Waals surface area contributed by atoms with Gasteiger partial charge < -0.3 is 16.4 Å². The van der Waals surface area contributed by atoms with E-state index in [-0.39, 0.29) is 23.3 Å². The molecule has 8 heteroatoms. The molecule has 1 heterocycles. The molecule has 8 nitrogen and oxygen atoms in total. The Bertz CT molecular complexity index is 675. The number of carbonyl (C=O) groups is 2. The van der Waals surface area contributed by atoms with Crippen LogP contribution >= 0.6 is 0 Å². The van der Waals surface area contributed by atoms with E-state index in [1.165, 1.54) is 0 Å². The Morgan fingerprint density at radius 3 is 2.24 bits per heavy atom. The monoisotopic (exact) mass is 287 g/mol. The fraction of sp³-hybridized carbons (Fsp3) is 0.231. The van der Waals surface area contributed by atoms with Gasteiger partial charge in [0.25, 0.3) is 5.91 Å². The van der Waals surface area contributed by atoms with Crippen LogP contribution in [0.5, 0.6) is 0 Å². The first kappa shape index (κ1) is 13.1. The van der Waals surface area contributed by atoms with Crippen molar-refractivity contribution in [1.29, 1.82) is 0 Å². The minimum absolute atomic E-state index is 0.0354. The Labute approximate surface area is 119 Å². The van der Waals surface area contributed by atoms with Gasteiger partial charge >= 0.3 is 0 Å². The summed E-state index contributed by atoms with van der Waals surface area (Å²) < 4.78 is 4.36. The second-order valence-electron chi connectivity index (χ2n) is 4.79. The maximum Gasteiger partial charge on any atom is 0.281 e. The molecule has 0 spiro atoms. The van der Waals surface area contributed by atoms with E-state index in [9.17, 15) is 9.59 Å². The lowest BCUT2D eigenvalue weighted by molar-refractivity contribution is -0.117. The SMILES string of the molecule is Nc1nonc1C(=O)Nc1ccc(NC(=O)C2CC2)cc1. The molecule has 0 atom stereocenters. The number of hydrogen-bond donors (Lipinski definition) is 3. The van der Waals surface area contributed by atoms with Crippen LogP contribution < -0.4 is 16.4 Å². The summed E-state index contributed by atoms with van der Waals surface area (Å²) in [6, 6.07) is 6.76. The molecule has 0 aliphatic heterocycles. The van der Waals surface area contributed by atoms with Crippen LogP contribution in [0.4, 0.5) is 17.2 Å². The van der Waals surface area contributed by atoms with E-state index in [4.69, 9.17) is 5.73 Å². The molecule has 1 saturated carbocycles. The van der Waals surface area contributed by atoms with Gasteiger partial charge in [-0.2, -0.15) is 0 Å². The summed E-state index contributed by atoms with van der Waals surface area (Å²) in [6.45, 7) is 0. The molecule has 1 aliphatic carbocycles. The maximum absolute atomic E-state index is 11.8. The minimum Gasteiger partial charge on any atom is -0.379 e. The van der Waals surface area contributed by atoms with Crippen LogP contribution in [0.1, 0.15) is 23.3 Å². The van der Waals surface area contributed by atoms with Gasteiger partial charge in [-0.3, -0.25) is 9.59 Å². The van der Waals surface area contributed by atoms with Crippen LogP contribution in [-0.2, 0) is 4.79 Å². The molecule has 0 radical (unpaired) electrons. The minimum atomic E-state index is -0.511. The van der Waals surface area contributed by atoms with Crippen LogP contribution in [-0.4, -0.2) is 22.1 Å². The average molecular weight is 287 g/mol. The van der Waals surface area contributed by atoms with Gasteiger partial charge in [0.15, 0.2) is 0 Å². The van der Waals surface area contributed by atoms with Crippen molar-refractivity contribution in [3.05, 3.63) is 30.0 Å². The topological polar surface area (TPSA) is 123 Å². The smallest absolute Gasteiger partial charge is 0.281 e. The molecule has 0 saturated heterocycles. The zero-order chi connectivity index (χ0) is 14.8. The van der Waals surface area contributed by atoms with Gasteiger partial charge in [-0.15, -0.1) is 0 Å². The summed E-state index contributed by atoms with van der Waals surface area (Å²) in [6.07, 6.45) is 1.90. The summed E-state index contributed by atoms with van der Waals surface area (Å²) in [5, 5.41) is 12.2. The molecule has 3 rings (SSSR count). The molecule has 2 amide bonds. The Hall–Kier alpha value is -2.90. The maximum atomic E-state index is 11.8. The van der Waals surface area contributed by atoms with Crippen LogP contribution in [0.3, 0.4) is 0 Å². The number of nitrogen functional groups attached to an aromatic ring is 1. The predicted octanol–water partition coefficient (Wildman–Crippen LogP) is 1.25. The van der Waals surface area contributed by atoms with Gasteiger partial charge in [0.2, 0.25) is 17.4 Å². The summed E-state index contributed by atoms with van der Waals surface area (Å²) >= 11 is 0. The molecular formula is C13H13N5O3. The number of anilines is 3. The highest BCUT2D eigenvalue weighted by atomic mass is 16.6. The lowest BCUT2D eigenvalue weighted by Crippen LogP contribution is -2.15. The van der Waals surface area contributed by atoms with E-state index >= 15 is 0 Å². The van der Waals surface area contributed by atoms with Gasteiger partial charge in [-0.05, 0) is 47.4 Å². The number of amides is 2. The number of nitrogens with zero attached hydrogens (tertiary/aromatic N) is 2. The fourth-order valence-corrected chi connectivity index (χ4v) is 1.77. The third-order valence-electron chi connectivity index (χ3n) is 3.09. The highest BCUT2D eigenvalue weighted by molar-refractivity contribution is 6.05. The number of carbonyl (C=O) groups excluding carboxylic acids is 2. The lowest BCUT2D eigenvalue weighted by atomic mass is 10.2. The van der Waals surface area contributed by atoms with Crippen molar-refractivity contribution in [2.45, 2.75) is 12.8 Å². The first-order valence-corrected chi connectivity index (χ1v) is 6.44. The zero-order valence-electron chi connectivity index (χ0n) is 11.0. The third kappa shape index (κ3) is 2.99. The van der Waals surface area contributed by atoms with Crippen LogP contribution in [0.25, 0.3) is 0 Å². The van der Waals surface area contributed by atoms with Crippen molar-refractivity contribution in [3.8, 4) is 0 Å². The third-order valence-corrected chi connectivity index (χ3v) is 3.09. The molecule has 21 heavy (non-hydrogen) atoms. The van der Waals surface area contributed by atoms with Crippen molar-refractivity contribution in [1.82, 2.24) is 10.3 Å². The Morgan fingerprint density at radius 2 is 1.71 bits per heavy atom. The highest BCUT2D eigenvalue weighted by Gasteiger charge is 2.29. The Morgan fingerprint density at radius 1 is 1.10 bits per heavy atom. The van der Waals surface area contributed by atoms with Gasteiger partial charge in [-0.1, -0.05) is 0 Å². The fourth-order valence-electron chi connectivity index (χ4n) is 1.77. The van der Waals surface area contributed by atoms with E-state index in [0.29, 0.717) is 11.4 Å². The quantitative estimate of drug-likeness (QED) is 0.777. The van der Waals surface area contributed by atoms with E-state index < -0.39 is 5.91 Å². The number of rotatable bonds is 4. The predicted molar refractivity (Wildman–Crippen MR) is 74.5 cm³/mol. The number of nitrogens with two attached hydrogens (primary N) is 1. The molecular weight excluding hydrogens is 274 g/mol. The summed E-state index contributed by atoms with van der Waals surface area (Å²) in [4.78, 5) is 23.4. The van der Waals surface area contributed by atoms with Crippen LogP contribution in [0.2, 0.25) is 0 Å². The summed E-state index contributed by atoms with van der Waals surface area (Å²) in [5.74, 6) is -0.399. The molecule has 2 aromatic rings. The van der Waals surface area contributed by atoms with Crippen molar-refractivity contribution in [2.24, 2.45) is 5.92 Å². The first-order valence-electron chi connectivity index (χ1n) is 6.44. The average Bonchev–Trinajstić information content (AvgIpc) is 3.23. The highest BCUT2D eigenvalue weighted by Crippen LogP contribution is 2.30. The van der Waals surface area contributed by atoms with E-state index in [1.54, 1.807) is 24.3 Å². The van der Waals surface area contributed by atoms with E-state index in [2.05, 4.69) is 25.6 Å². The van der Waals surface area contributed by atoms with E-state index in [0.717, 1.165) is 12.8 Å². The molecule has 1 aliphatic rings. The largest absolute Gasteiger partial charge is 0.379 e. The Balaban J connectivity index is 1.62. The number of hydrogen-bond acceptors (Lipinski definition) is 6. The first-order chi connectivity index (χ1) is 10.1. The molecule has 1 aromatic heterocycles. The number of nitrogens with one attached hydrogen (secondary N) is 2. The van der Waals surface area contributed by atoms with E-state index in [1.807, 2.05) is 0 Å². The molecule has 4 N–H and O–H groups in total. The van der Waals surface area contributed by atoms with Gasteiger partial charge in [0.05, 0.1) is 0 Å². The second kappa shape index (κ2) is 5.23. The van der Waals surface area contributed by atoms with Crippen molar-refractivity contribution in [3.63, 3.8) is 0 Å². The van der Waals surface area contributed by atoms with Crippen LogP contribution in [0.15, 0.2) is 28.9 Å². The van der Waals surface area contributed by atoms with Gasteiger partial charge in [0.1, 0.15) is 0 Å². The number of benzene rings is 1. The number of aromatic nitrogens is 2. The van der Waals surface area contributed by atoms with Gasteiger partial charge in [-0.25, -0.2) is 4.63 Å².